The number of hydrogen-bond acceptors (Lipinski definition) is 1. The summed E-state index contributed by atoms with van der Waals surface area (Å²) < 4.78 is 259. The summed E-state index contributed by atoms with van der Waals surface area (Å²) >= 11 is 0. The number of pyridine rings is 1. The number of rotatable bonds is 5. The average Bonchev–Trinajstić information content (AvgIpc) is 3.84. The molecule has 0 aliphatic heterocycles. The smallest absolute Gasteiger partial charge is 0.294 e. The molecule has 10 rings (SSSR count). The van der Waals surface area contributed by atoms with Crippen LogP contribution in [-0.2, 0) is 37.1 Å². The van der Waals surface area contributed by atoms with Gasteiger partial charge in [0.15, 0.2) is 0 Å². The van der Waals surface area contributed by atoms with Crippen molar-refractivity contribution in [3.8, 4) is 45.0 Å². The summed E-state index contributed by atoms with van der Waals surface area (Å²) in [5, 5.41) is 1.33. The van der Waals surface area contributed by atoms with Crippen LogP contribution in [0.15, 0.2) is 152 Å². The van der Waals surface area contributed by atoms with Crippen LogP contribution in [0, 0.1) is 0 Å². The summed E-state index contributed by atoms with van der Waals surface area (Å²) in [6.45, 7) is 0. The van der Waals surface area contributed by atoms with Gasteiger partial charge in [-0.2, -0.15) is 79.0 Å². The van der Waals surface area contributed by atoms with Crippen LogP contribution in [0.4, 0.5) is 79.0 Å². The first-order valence-corrected chi connectivity index (χ1v) is 21.4. The zero-order valence-corrected chi connectivity index (χ0v) is 36.6. The maximum absolute atomic E-state index is 14.6. The summed E-state index contributed by atoms with van der Waals surface area (Å²) in [5.41, 5.74) is -12.5. The van der Waals surface area contributed by atoms with E-state index in [1.165, 1.54) is 69.8 Å². The number of nitrogens with zero attached hydrogens (tertiary/aromatic N) is 3. The molecule has 7 aromatic carbocycles. The van der Waals surface area contributed by atoms with Gasteiger partial charge >= 0.3 is 37.1 Å². The Kier molecular flexibility index (Phi) is 11.3. The summed E-state index contributed by atoms with van der Waals surface area (Å²) in [4.78, 5) is 4.85. The maximum Gasteiger partial charge on any atom is 0.417 e. The first kappa shape index (κ1) is 49.6. The number of fused-ring (bicyclic) bond motifs is 6. The second-order valence-electron chi connectivity index (χ2n) is 17.0. The van der Waals surface area contributed by atoms with Crippen molar-refractivity contribution in [1.29, 1.82) is 0 Å². The Hall–Kier alpha value is -7.97. The van der Waals surface area contributed by atoms with Crippen LogP contribution >= 0.6 is 0 Å². The molecule has 0 radical (unpaired) electrons. The molecule has 0 N–H and O–H groups in total. The molecule has 0 bridgehead atoms. The van der Waals surface area contributed by atoms with Crippen LogP contribution in [0.25, 0.3) is 88.6 Å². The Morgan fingerprint density at radius 1 is 0.270 bits per heavy atom. The first-order valence-electron chi connectivity index (χ1n) is 21.4. The molecule has 0 spiro atoms. The molecular formula is C53H25F18N3. The average molecular weight is 1050 g/mol. The lowest BCUT2D eigenvalue weighted by Gasteiger charge is -2.18. The SMILES string of the molecule is FC(F)(F)c1cc(-c2cc(-n3c4ccccc4c4ccc(-c5ccc(C(F)(F)F)cc5C(F)(F)F)cc43)nc(-n3c4ccccc4c4ccc(-c5ccc(C(F)(F)F)cc5C(F)(F)F)cc43)c2)cc(C(F)(F)F)c1. The van der Waals surface area contributed by atoms with E-state index in [-0.39, 0.29) is 79.4 Å². The molecule has 0 saturated carbocycles. The van der Waals surface area contributed by atoms with Crippen molar-refractivity contribution in [2.45, 2.75) is 37.1 Å². The van der Waals surface area contributed by atoms with Gasteiger partial charge in [0, 0.05) is 21.5 Å². The Bertz CT molecular complexity index is 3640. The van der Waals surface area contributed by atoms with Gasteiger partial charge < -0.3 is 0 Å². The Labute approximate surface area is 403 Å². The molecule has 378 valence electrons. The molecule has 10 aromatic rings. The van der Waals surface area contributed by atoms with Gasteiger partial charge in [0.25, 0.3) is 0 Å². The fourth-order valence-electron chi connectivity index (χ4n) is 9.20. The van der Waals surface area contributed by atoms with E-state index < -0.39 is 87.1 Å². The summed E-state index contributed by atoms with van der Waals surface area (Å²) in [7, 11) is 0. The minimum atomic E-state index is -5.34. The quantitative estimate of drug-likeness (QED) is 0.158. The van der Waals surface area contributed by atoms with E-state index in [0.717, 1.165) is 12.1 Å². The number of para-hydroxylation sites is 2. The monoisotopic (exact) mass is 1050 g/mol. The predicted octanol–water partition coefficient (Wildman–Crippen LogP) is 18.4. The van der Waals surface area contributed by atoms with Crippen LogP contribution in [-0.4, -0.2) is 14.1 Å². The van der Waals surface area contributed by atoms with E-state index in [4.69, 9.17) is 4.98 Å². The van der Waals surface area contributed by atoms with Gasteiger partial charge in [0.1, 0.15) is 11.6 Å². The molecule has 3 aromatic heterocycles. The van der Waals surface area contributed by atoms with Crippen molar-refractivity contribution < 1.29 is 79.0 Å². The Morgan fingerprint density at radius 3 is 0.986 bits per heavy atom. The predicted molar refractivity (Wildman–Crippen MR) is 239 cm³/mol. The van der Waals surface area contributed by atoms with Crippen molar-refractivity contribution in [1.82, 2.24) is 14.1 Å². The molecule has 21 heteroatoms. The molecular weight excluding hydrogens is 1020 g/mol. The second-order valence-corrected chi connectivity index (χ2v) is 17.0. The molecule has 3 nitrogen and oxygen atoms in total. The van der Waals surface area contributed by atoms with Gasteiger partial charge in [-0.15, -0.1) is 0 Å². The summed E-state index contributed by atoms with van der Waals surface area (Å²) in [6.07, 6.45) is -31.7. The van der Waals surface area contributed by atoms with Gasteiger partial charge in [-0.3, -0.25) is 9.13 Å². The zero-order valence-electron chi connectivity index (χ0n) is 36.6. The maximum atomic E-state index is 14.6. The highest BCUT2D eigenvalue weighted by atomic mass is 19.4. The van der Waals surface area contributed by atoms with Crippen LogP contribution in [0.2, 0.25) is 0 Å². The van der Waals surface area contributed by atoms with Crippen LogP contribution < -0.4 is 0 Å². The number of benzene rings is 7. The van der Waals surface area contributed by atoms with Gasteiger partial charge in [-0.25, -0.2) is 4.98 Å². The highest BCUT2D eigenvalue weighted by molar-refractivity contribution is 6.11. The topological polar surface area (TPSA) is 22.8 Å². The molecule has 3 heterocycles. The molecule has 0 saturated heterocycles. The molecule has 74 heavy (non-hydrogen) atoms. The fourth-order valence-corrected chi connectivity index (χ4v) is 9.20. The molecule has 0 unspecified atom stereocenters. The van der Waals surface area contributed by atoms with Crippen molar-refractivity contribution in [3.63, 3.8) is 0 Å². The third-order valence-electron chi connectivity index (χ3n) is 12.5. The second kappa shape index (κ2) is 16.8. The van der Waals surface area contributed by atoms with Gasteiger partial charge in [0.2, 0.25) is 0 Å². The third-order valence-corrected chi connectivity index (χ3v) is 12.5. The van der Waals surface area contributed by atoms with E-state index >= 15 is 0 Å². The lowest BCUT2D eigenvalue weighted by Crippen LogP contribution is -2.12. The fraction of sp³-hybridized carbons (Fsp3) is 0.113. The Balaban J connectivity index is 1.30. The number of hydrogen-bond donors (Lipinski definition) is 0. The van der Waals surface area contributed by atoms with Crippen LogP contribution in [0.1, 0.15) is 33.4 Å². The van der Waals surface area contributed by atoms with Crippen LogP contribution in [0.3, 0.4) is 0 Å². The van der Waals surface area contributed by atoms with E-state index in [9.17, 15) is 79.0 Å². The molecule has 0 aliphatic rings. The van der Waals surface area contributed by atoms with Crippen molar-refractivity contribution >= 4 is 43.6 Å². The van der Waals surface area contributed by atoms with Gasteiger partial charge in [-0.1, -0.05) is 72.8 Å². The number of aromatic nitrogens is 3. The van der Waals surface area contributed by atoms with E-state index in [2.05, 4.69) is 0 Å². The van der Waals surface area contributed by atoms with Crippen molar-refractivity contribution in [2.75, 3.05) is 0 Å². The third kappa shape index (κ3) is 8.80. The van der Waals surface area contributed by atoms with Gasteiger partial charge in [0.05, 0.1) is 55.4 Å². The lowest BCUT2D eigenvalue weighted by atomic mass is 9.96. The minimum Gasteiger partial charge on any atom is -0.294 e. The molecule has 0 amide bonds. The van der Waals surface area contributed by atoms with E-state index in [0.29, 0.717) is 47.2 Å². The highest BCUT2D eigenvalue weighted by Gasteiger charge is 2.41. The standard InChI is InChI=1S/C53H25F18N3/c54-48(55,56)30-11-15-34(40(24-30)52(66,67)68)26-9-13-38-36-5-1-3-7-42(36)73(44(38)19-26)46-21-29(28-17-32(50(60,61)62)23-33(18-28)51(63,64)65)22-47(72-46)74-43-8-4-2-6-37(43)39-14-10-27(20-45(39)74)35-16-12-31(49(57,58)59)25-41(35)53(69,70)71/h1-25H. The van der Waals surface area contributed by atoms with E-state index in [1.807, 2.05) is 0 Å². The molecule has 0 aliphatic carbocycles. The van der Waals surface area contributed by atoms with Crippen molar-refractivity contribution in [2.24, 2.45) is 0 Å². The molecule has 0 atom stereocenters. The number of halogens is 18. The van der Waals surface area contributed by atoms with Crippen LogP contribution in [0.5, 0.6) is 0 Å². The number of alkyl halides is 18. The Morgan fingerprint density at radius 2 is 0.622 bits per heavy atom. The first-order chi connectivity index (χ1) is 34.5. The lowest BCUT2D eigenvalue weighted by molar-refractivity contribution is -0.144. The van der Waals surface area contributed by atoms with Crippen molar-refractivity contribution in [3.05, 3.63) is 185 Å². The highest BCUT2D eigenvalue weighted by Crippen LogP contribution is 2.46. The van der Waals surface area contributed by atoms with Gasteiger partial charge in [-0.05, 0) is 112 Å². The summed E-state index contributed by atoms with van der Waals surface area (Å²) in [6, 6.07) is 24.8. The minimum absolute atomic E-state index is 0.00108. The molecule has 0 fully saturated rings. The zero-order chi connectivity index (χ0) is 53.2. The summed E-state index contributed by atoms with van der Waals surface area (Å²) in [5.74, 6) is -0.612. The van der Waals surface area contributed by atoms with E-state index in [1.54, 1.807) is 24.3 Å². The normalized spacial score (nSPS) is 13.3. The largest absolute Gasteiger partial charge is 0.417 e.